The molecule has 2 aliphatic rings. The topological polar surface area (TPSA) is 44.3 Å². The third-order valence-corrected chi connectivity index (χ3v) is 5.73. The van der Waals surface area contributed by atoms with Crippen LogP contribution in [-0.4, -0.2) is 58.6 Å². The number of aromatic amines is 1. The first kappa shape index (κ1) is 15.9. The van der Waals surface area contributed by atoms with E-state index in [0.717, 1.165) is 37.0 Å². The quantitative estimate of drug-likeness (QED) is 0.938. The standard InChI is InChI=1S/C19H28N4O/c24-19-20-17-6-2-3-7-18(17)23(19)16-8-12-22(13-9-16)15-14-21-10-4-1-5-11-21/h2-3,6-7,16H,1,4-5,8-15H2,(H,20,24). The lowest BCUT2D eigenvalue weighted by Crippen LogP contribution is -2.42. The molecule has 4 rings (SSSR count). The van der Waals surface area contributed by atoms with Crippen molar-refractivity contribution >= 4 is 11.0 Å². The molecule has 0 saturated carbocycles. The van der Waals surface area contributed by atoms with E-state index in [1.54, 1.807) is 0 Å². The van der Waals surface area contributed by atoms with Gasteiger partial charge in [-0.15, -0.1) is 0 Å². The molecule has 2 aliphatic heterocycles. The summed E-state index contributed by atoms with van der Waals surface area (Å²) in [5.41, 5.74) is 2.05. The van der Waals surface area contributed by atoms with Gasteiger partial charge in [-0.05, 0) is 50.9 Å². The summed E-state index contributed by atoms with van der Waals surface area (Å²) < 4.78 is 1.98. The Morgan fingerprint density at radius 1 is 0.917 bits per heavy atom. The molecule has 3 heterocycles. The summed E-state index contributed by atoms with van der Waals surface area (Å²) in [6.45, 7) is 7.14. The highest BCUT2D eigenvalue weighted by atomic mass is 16.1. The van der Waals surface area contributed by atoms with E-state index < -0.39 is 0 Å². The average molecular weight is 328 g/mol. The molecule has 0 radical (unpaired) electrons. The molecule has 0 atom stereocenters. The molecule has 130 valence electrons. The van der Waals surface area contributed by atoms with Crippen LogP contribution < -0.4 is 5.69 Å². The normalized spacial score (nSPS) is 21.5. The minimum atomic E-state index is 0.0444. The largest absolute Gasteiger partial charge is 0.326 e. The van der Waals surface area contributed by atoms with Gasteiger partial charge < -0.3 is 14.8 Å². The summed E-state index contributed by atoms with van der Waals surface area (Å²) in [4.78, 5) is 20.5. The van der Waals surface area contributed by atoms with Crippen molar-refractivity contribution in [1.82, 2.24) is 19.4 Å². The maximum Gasteiger partial charge on any atom is 0.326 e. The van der Waals surface area contributed by atoms with E-state index in [2.05, 4.69) is 20.9 Å². The highest BCUT2D eigenvalue weighted by molar-refractivity contribution is 5.75. The fourth-order valence-corrected chi connectivity index (χ4v) is 4.30. The summed E-state index contributed by atoms with van der Waals surface area (Å²) in [5, 5.41) is 0. The fraction of sp³-hybridized carbons (Fsp3) is 0.632. The van der Waals surface area contributed by atoms with Gasteiger partial charge in [0.15, 0.2) is 0 Å². The van der Waals surface area contributed by atoms with Crippen LogP contribution in [-0.2, 0) is 0 Å². The van der Waals surface area contributed by atoms with E-state index in [1.165, 1.54) is 45.4 Å². The summed E-state index contributed by atoms with van der Waals surface area (Å²) in [5.74, 6) is 0. The molecule has 2 saturated heterocycles. The summed E-state index contributed by atoms with van der Waals surface area (Å²) in [6, 6.07) is 8.36. The minimum absolute atomic E-state index is 0.0444. The average Bonchev–Trinajstić information content (AvgIpc) is 2.97. The number of hydrogen-bond donors (Lipinski definition) is 1. The molecule has 2 aromatic rings. The summed E-state index contributed by atoms with van der Waals surface area (Å²) in [7, 11) is 0. The third kappa shape index (κ3) is 3.28. The molecule has 0 aliphatic carbocycles. The summed E-state index contributed by atoms with van der Waals surface area (Å²) >= 11 is 0. The molecule has 0 unspecified atom stereocenters. The molecule has 24 heavy (non-hydrogen) atoms. The number of rotatable bonds is 4. The lowest BCUT2D eigenvalue weighted by atomic mass is 10.0. The number of piperidine rings is 2. The van der Waals surface area contributed by atoms with Crippen molar-refractivity contribution in [3.63, 3.8) is 0 Å². The van der Waals surface area contributed by atoms with E-state index in [0.29, 0.717) is 6.04 Å². The number of H-pyrrole nitrogens is 1. The number of likely N-dealkylation sites (tertiary alicyclic amines) is 2. The Hall–Kier alpha value is -1.59. The summed E-state index contributed by atoms with van der Waals surface area (Å²) in [6.07, 6.45) is 6.28. The highest BCUT2D eigenvalue weighted by Crippen LogP contribution is 2.24. The molecular formula is C19H28N4O. The van der Waals surface area contributed by atoms with Crippen LogP contribution in [0.3, 0.4) is 0 Å². The first-order valence-electron chi connectivity index (χ1n) is 9.45. The predicted octanol–water partition coefficient (Wildman–Crippen LogP) is 2.45. The maximum atomic E-state index is 12.3. The first-order valence-corrected chi connectivity index (χ1v) is 9.45. The Labute approximate surface area is 143 Å². The van der Waals surface area contributed by atoms with Crippen LogP contribution in [0, 0.1) is 0 Å². The number of fused-ring (bicyclic) bond motifs is 1. The van der Waals surface area contributed by atoms with E-state index in [9.17, 15) is 4.79 Å². The van der Waals surface area contributed by atoms with Crippen molar-refractivity contribution in [2.75, 3.05) is 39.3 Å². The molecule has 0 bridgehead atoms. The molecule has 2 fully saturated rings. The van der Waals surface area contributed by atoms with Gasteiger partial charge in [0, 0.05) is 32.2 Å². The van der Waals surface area contributed by atoms with Gasteiger partial charge in [0.1, 0.15) is 0 Å². The lowest BCUT2D eigenvalue weighted by Gasteiger charge is -2.34. The predicted molar refractivity (Wildman–Crippen MR) is 97.6 cm³/mol. The van der Waals surface area contributed by atoms with E-state index in [4.69, 9.17) is 0 Å². The SMILES string of the molecule is O=c1[nH]c2ccccc2n1C1CCN(CCN2CCCCC2)CC1. The molecule has 0 spiro atoms. The van der Waals surface area contributed by atoms with Crippen LogP contribution >= 0.6 is 0 Å². The second kappa shape index (κ2) is 7.11. The molecule has 1 aromatic heterocycles. The van der Waals surface area contributed by atoms with Crippen molar-refractivity contribution < 1.29 is 0 Å². The van der Waals surface area contributed by atoms with Crippen molar-refractivity contribution in [2.45, 2.75) is 38.1 Å². The van der Waals surface area contributed by atoms with Crippen molar-refractivity contribution in [3.8, 4) is 0 Å². The van der Waals surface area contributed by atoms with Crippen molar-refractivity contribution in [1.29, 1.82) is 0 Å². The second-order valence-corrected chi connectivity index (χ2v) is 7.29. The minimum Gasteiger partial charge on any atom is -0.306 e. The monoisotopic (exact) mass is 328 g/mol. The Balaban J connectivity index is 1.35. The first-order chi connectivity index (χ1) is 11.8. The van der Waals surface area contributed by atoms with Crippen LogP contribution in [0.2, 0.25) is 0 Å². The number of aromatic nitrogens is 2. The lowest BCUT2D eigenvalue weighted by molar-refractivity contribution is 0.147. The van der Waals surface area contributed by atoms with Crippen LogP contribution in [0.1, 0.15) is 38.1 Å². The zero-order chi connectivity index (χ0) is 16.4. The van der Waals surface area contributed by atoms with Crippen LogP contribution in [0.15, 0.2) is 29.1 Å². The number of nitrogens with one attached hydrogen (secondary N) is 1. The van der Waals surface area contributed by atoms with Gasteiger partial charge in [0.25, 0.3) is 0 Å². The smallest absolute Gasteiger partial charge is 0.306 e. The van der Waals surface area contributed by atoms with Gasteiger partial charge in [0.05, 0.1) is 11.0 Å². The van der Waals surface area contributed by atoms with Gasteiger partial charge in [-0.1, -0.05) is 18.6 Å². The van der Waals surface area contributed by atoms with Gasteiger partial charge in [-0.25, -0.2) is 4.79 Å². The van der Waals surface area contributed by atoms with Crippen molar-refractivity contribution in [3.05, 3.63) is 34.7 Å². The van der Waals surface area contributed by atoms with Gasteiger partial charge in [-0.2, -0.15) is 0 Å². The Kier molecular flexibility index (Phi) is 4.72. The molecule has 5 heteroatoms. The Morgan fingerprint density at radius 3 is 2.33 bits per heavy atom. The second-order valence-electron chi connectivity index (χ2n) is 7.29. The van der Waals surface area contributed by atoms with E-state index >= 15 is 0 Å². The van der Waals surface area contributed by atoms with Gasteiger partial charge in [-0.3, -0.25) is 4.57 Å². The highest BCUT2D eigenvalue weighted by Gasteiger charge is 2.23. The number of benzene rings is 1. The fourth-order valence-electron chi connectivity index (χ4n) is 4.30. The number of para-hydroxylation sites is 2. The zero-order valence-electron chi connectivity index (χ0n) is 14.4. The van der Waals surface area contributed by atoms with Gasteiger partial charge >= 0.3 is 5.69 Å². The van der Waals surface area contributed by atoms with E-state index in [-0.39, 0.29) is 5.69 Å². The Morgan fingerprint density at radius 2 is 1.58 bits per heavy atom. The number of imidazole rings is 1. The van der Waals surface area contributed by atoms with E-state index in [1.807, 2.05) is 22.8 Å². The molecular weight excluding hydrogens is 300 g/mol. The Bertz CT molecular complexity index is 720. The number of nitrogens with zero attached hydrogens (tertiary/aromatic N) is 3. The number of hydrogen-bond acceptors (Lipinski definition) is 3. The third-order valence-electron chi connectivity index (χ3n) is 5.73. The van der Waals surface area contributed by atoms with Crippen molar-refractivity contribution in [2.24, 2.45) is 0 Å². The molecule has 5 nitrogen and oxygen atoms in total. The molecule has 1 N–H and O–H groups in total. The van der Waals surface area contributed by atoms with Gasteiger partial charge in [0.2, 0.25) is 0 Å². The van der Waals surface area contributed by atoms with Crippen LogP contribution in [0.5, 0.6) is 0 Å². The van der Waals surface area contributed by atoms with Crippen LogP contribution in [0.4, 0.5) is 0 Å². The molecule has 0 amide bonds. The van der Waals surface area contributed by atoms with Crippen LogP contribution in [0.25, 0.3) is 11.0 Å². The zero-order valence-corrected chi connectivity index (χ0v) is 14.4. The maximum absolute atomic E-state index is 12.3. The molecule has 1 aromatic carbocycles.